The molecular weight excluding hydrogens is 272 g/mol. The molecule has 0 radical (unpaired) electrons. The van der Waals surface area contributed by atoms with Crippen LogP contribution in [0.2, 0.25) is 0 Å². The van der Waals surface area contributed by atoms with Crippen LogP contribution < -0.4 is 15.8 Å². The van der Waals surface area contributed by atoms with Crippen molar-refractivity contribution in [3.8, 4) is 5.75 Å². The Morgan fingerprint density at radius 1 is 1.40 bits per heavy atom. The van der Waals surface area contributed by atoms with E-state index in [9.17, 15) is 4.79 Å². The van der Waals surface area contributed by atoms with Gasteiger partial charge in [0.25, 0.3) is 0 Å². The lowest BCUT2D eigenvalue weighted by molar-refractivity contribution is 0.100. The molecule has 3 N–H and O–H groups in total. The van der Waals surface area contributed by atoms with Crippen molar-refractivity contribution in [2.75, 3.05) is 12.4 Å². The number of rotatable bonds is 5. The van der Waals surface area contributed by atoms with Crippen molar-refractivity contribution in [1.82, 2.24) is 0 Å². The normalized spacial score (nSPS) is 10.3. The molecule has 0 saturated heterocycles. The van der Waals surface area contributed by atoms with Crippen molar-refractivity contribution in [2.24, 2.45) is 5.73 Å². The van der Waals surface area contributed by atoms with E-state index in [1.165, 1.54) is 11.3 Å². The number of hydrogen-bond acceptors (Lipinski definition) is 4. The standard InChI is InChI=1S/C15H18N2O2S/c1-9-4-5-13(10(2)14(9)19-3)17-7-12-6-11(8-20-12)15(16)18/h4-6,8,17H,7H2,1-3H3,(H2,16,18). The number of aryl methyl sites for hydroxylation is 1. The number of benzene rings is 1. The first-order valence-corrected chi connectivity index (χ1v) is 7.16. The summed E-state index contributed by atoms with van der Waals surface area (Å²) < 4.78 is 5.41. The van der Waals surface area contributed by atoms with Crippen LogP contribution in [0.4, 0.5) is 5.69 Å². The van der Waals surface area contributed by atoms with Gasteiger partial charge in [-0.2, -0.15) is 0 Å². The van der Waals surface area contributed by atoms with E-state index in [2.05, 4.69) is 5.32 Å². The topological polar surface area (TPSA) is 64.3 Å². The number of amides is 1. The summed E-state index contributed by atoms with van der Waals surface area (Å²) in [5.41, 5.74) is 9.03. The zero-order valence-electron chi connectivity index (χ0n) is 11.8. The first-order valence-electron chi connectivity index (χ1n) is 6.28. The van der Waals surface area contributed by atoms with Gasteiger partial charge in [0.05, 0.1) is 12.7 Å². The maximum atomic E-state index is 11.1. The van der Waals surface area contributed by atoms with E-state index in [0.717, 1.165) is 27.4 Å². The first-order chi connectivity index (χ1) is 9.52. The average molecular weight is 290 g/mol. The molecule has 0 aliphatic carbocycles. The number of carbonyl (C=O) groups is 1. The number of hydrogen-bond donors (Lipinski definition) is 2. The van der Waals surface area contributed by atoms with Gasteiger partial charge in [0.2, 0.25) is 5.91 Å². The van der Waals surface area contributed by atoms with Gasteiger partial charge >= 0.3 is 0 Å². The van der Waals surface area contributed by atoms with E-state index in [-0.39, 0.29) is 5.91 Å². The van der Waals surface area contributed by atoms with Gasteiger partial charge < -0.3 is 15.8 Å². The molecule has 20 heavy (non-hydrogen) atoms. The molecule has 2 aromatic rings. The van der Waals surface area contributed by atoms with Crippen LogP contribution in [0.5, 0.6) is 5.75 Å². The maximum Gasteiger partial charge on any atom is 0.249 e. The zero-order valence-corrected chi connectivity index (χ0v) is 12.6. The maximum absolute atomic E-state index is 11.1. The van der Waals surface area contributed by atoms with E-state index in [1.54, 1.807) is 12.5 Å². The highest BCUT2D eigenvalue weighted by Gasteiger charge is 2.09. The summed E-state index contributed by atoms with van der Waals surface area (Å²) in [6.45, 7) is 4.70. The molecule has 5 heteroatoms. The molecule has 4 nitrogen and oxygen atoms in total. The Morgan fingerprint density at radius 2 is 2.15 bits per heavy atom. The van der Waals surface area contributed by atoms with Crippen molar-refractivity contribution < 1.29 is 9.53 Å². The highest BCUT2D eigenvalue weighted by Crippen LogP contribution is 2.29. The van der Waals surface area contributed by atoms with E-state index in [4.69, 9.17) is 10.5 Å². The molecule has 0 aliphatic rings. The van der Waals surface area contributed by atoms with Crippen LogP contribution in [0.1, 0.15) is 26.4 Å². The smallest absolute Gasteiger partial charge is 0.249 e. The Labute approximate surface area is 122 Å². The van der Waals surface area contributed by atoms with Gasteiger partial charge in [-0.1, -0.05) is 6.07 Å². The lowest BCUT2D eigenvalue weighted by Gasteiger charge is -2.14. The van der Waals surface area contributed by atoms with Crippen molar-refractivity contribution in [1.29, 1.82) is 0 Å². The molecule has 1 amide bonds. The second-order valence-corrected chi connectivity index (χ2v) is 5.60. The molecule has 0 fully saturated rings. The summed E-state index contributed by atoms with van der Waals surface area (Å²) >= 11 is 1.52. The number of thiophene rings is 1. The van der Waals surface area contributed by atoms with Gasteiger partial charge in [0.15, 0.2) is 0 Å². The molecule has 2 rings (SSSR count). The van der Waals surface area contributed by atoms with Gasteiger partial charge in [-0.25, -0.2) is 0 Å². The largest absolute Gasteiger partial charge is 0.496 e. The average Bonchev–Trinajstić information content (AvgIpc) is 2.87. The van der Waals surface area contributed by atoms with E-state index in [0.29, 0.717) is 12.1 Å². The third-order valence-corrected chi connectivity index (χ3v) is 4.13. The molecule has 0 aliphatic heterocycles. The van der Waals surface area contributed by atoms with E-state index in [1.807, 2.05) is 32.0 Å². The van der Waals surface area contributed by atoms with Crippen molar-refractivity contribution in [3.63, 3.8) is 0 Å². The molecule has 1 aromatic carbocycles. The van der Waals surface area contributed by atoms with Crippen LogP contribution >= 0.6 is 11.3 Å². The zero-order chi connectivity index (χ0) is 14.7. The molecular formula is C15H18N2O2S. The summed E-state index contributed by atoms with van der Waals surface area (Å²) in [7, 11) is 1.68. The second kappa shape index (κ2) is 5.96. The van der Waals surface area contributed by atoms with Crippen molar-refractivity contribution in [2.45, 2.75) is 20.4 Å². The number of methoxy groups -OCH3 is 1. The monoisotopic (exact) mass is 290 g/mol. The Balaban J connectivity index is 2.12. The number of carbonyl (C=O) groups excluding carboxylic acids is 1. The van der Waals surface area contributed by atoms with Gasteiger partial charge in [-0.3, -0.25) is 4.79 Å². The SMILES string of the molecule is COc1c(C)ccc(NCc2cc(C(N)=O)cs2)c1C. The highest BCUT2D eigenvalue weighted by atomic mass is 32.1. The fraction of sp³-hybridized carbons (Fsp3) is 0.267. The molecule has 0 spiro atoms. The highest BCUT2D eigenvalue weighted by molar-refractivity contribution is 7.10. The van der Waals surface area contributed by atoms with Gasteiger partial charge in [-0.15, -0.1) is 11.3 Å². The quantitative estimate of drug-likeness (QED) is 0.889. The van der Waals surface area contributed by atoms with Crippen molar-refractivity contribution in [3.05, 3.63) is 45.1 Å². The fourth-order valence-corrected chi connectivity index (χ4v) is 2.93. The minimum absolute atomic E-state index is 0.388. The van der Waals surface area contributed by atoms with Crippen LogP contribution in [0.3, 0.4) is 0 Å². The minimum atomic E-state index is -0.388. The van der Waals surface area contributed by atoms with Crippen LogP contribution in [0.25, 0.3) is 0 Å². The second-order valence-electron chi connectivity index (χ2n) is 4.61. The molecule has 0 atom stereocenters. The number of anilines is 1. The summed E-state index contributed by atoms with van der Waals surface area (Å²) in [4.78, 5) is 12.1. The lowest BCUT2D eigenvalue weighted by atomic mass is 10.1. The Hall–Kier alpha value is -2.01. The Bertz CT molecular complexity index is 635. The van der Waals surface area contributed by atoms with Gasteiger partial charge in [0, 0.05) is 28.1 Å². The third kappa shape index (κ3) is 2.93. The Kier molecular flexibility index (Phi) is 4.29. The molecule has 106 valence electrons. The van der Waals surface area contributed by atoms with Gasteiger partial charge in [-0.05, 0) is 31.5 Å². The summed E-state index contributed by atoms with van der Waals surface area (Å²) in [5, 5.41) is 5.14. The summed E-state index contributed by atoms with van der Waals surface area (Å²) in [6, 6.07) is 5.88. The van der Waals surface area contributed by atoms with Gasteiger partial charge in [0.1, 0.15) is 5.75 Å². The lowest BCUT2D eigenvalue weighted by Crippen LogP contribution is -2.09. The molecule has 1 heterocycles. The van der Waals surface area contributed by atoms with E-state index >= 15 is 0 Å². The van der Waals surface area contributed by atoms with Crippen molar-refractivity contribution >= 4 is 22.9 Å². The predicted molar refractivity (Wildman–Crippen MR) is 82.6 cm³/mol. The Morgan fingerprint density at radius 3 is 2.75 bits per heavy atom. The molecule has 0 unspecified atom stereocenters. The molecule has 1 aromatic heterocycles. The fourth-order valence-electron chi connectivity index (χ4n) is 2.12. The van der Waals surface area contributed by atoms with E-state index < -0.39 is 0 Å². The third-order valence-electron chi connectivity index (χ3n) is 3.20. The molecule has 0 bridgehead atoms. The van der Waals surface area contributed by atoms with Crippen LogP contribution in [0, 0.1) is 13.8 Å². The van der Waals surface area contributed by atoms with Crippen LogP contribution in [-0.2, 0) is 6.54 Å². The minimum Gasteiger partial charge on any atom is -0.496 e. The molecule has 0 saturated carbocycles. The van der Waals surface area contributed by atoms with Crippen LogP contribution in [0.15, 0.2) is 23.6 Å². The number of nitrogens with two attached hydrogens (primary N) is 1. The summed E-state index contributed by atoms with van der Waals surface area (Å²) in [5.74, 6) is 0.514. The first kappa shape index (κ1) is 14.4. The van der Waals surface area contributed by atoms with Crippen LogP contribution in [-0.4, -0.2) is 13.0 Å². The number of nitrogens with one attached hydrogen (secondary N) is 1. The number of primary amides is 1. The summed E-state index contributed by atoms with van der Waals surface area (Å²) in [6.07, 6.45) is 0. The number of ether oxygens (including phenoxy) is 1. The predicted octanol–water partition coefficient (Wildman–Crippen LogP) is 3.08.